The van der Waals surface area contributed by atoms with Crippen LogP contribution in [-0.2, 0) is 0 Å². The number of thiophene rings is 1. The summed E-state index contributed by atoms with van der Waals surface area (Å²) in [6.45, 7) is 1.57. The fraction of sp³-hybridized carbons (Fsp3) is 0.333. The summed E-state index contributed by atoms with van der Waals surface area (Å²) in [5, 5.41) is 15.5. The van der Waals surface area contributed by atoms with E-state index in [2.05, 4.69) is 5.32 Å². The fourth-order valence-corrected chi connectivity index (χ4v) is 3.47. The summed E-state index contributed by atoms with van der Waals surface area (Å²) in [6.07, 6.45) is -5.28. The molecular formula is C15H13F3N2O4S. The minimum Gasteiger partial charge on any atom is -0.464 e. The predicted molar refractivity (Wildman–Crippen MR) is 81.0 cm³/mol. The third kappa shape index (κ3) is 2.91. The molecule has 10 heteroatoms. The lowest BCUT2D eigenvalue weighted by molar-refractivity contribution is -0.287. The minimum atomic E-state index is -5.28. The molecule has 3 heterocycles. The number of urea groups is 1. The van der Waals surface area contributed by atoms with Crippen LogP contribution in [0, 0.1) is 12.8 Å². The third-order valence-electron chi connectivity index (χ3n) is 3.92. The van der Waals surface area contributed by atoms with E-state index in [0.29, 0.717) is 5.76 Å². The highest BCUT2D eigenvalue weighted by Crippen LogP contribution is 2.44. The number of carbonyl (C=O) groups excluding carboxylic acids is 2. The van der Waals surface area contributed by atoms with Crippen LogP contribution < -0.4 is 10.6 Å². The second-order valence-electron chi connectivity index (χ2n) is 5.61. The van der Waals surface area contributed by atoms with E-state index in [1.54, 1.807) is 6.92 Å². The van der Waals surface area contributed by atoms with Crippen LogP contribution in [0.1, 0.15) is 27.2 Å². The Kier molecular flexibility index (Phi) is 4.12. The maximum absolute atomic E-state index is 13.6. The number of carbonyl (C=O) groups is 2. The molecule has 25 heavy (non-hydrogen) atoms. The van der Waals surface area contributed by atoms with Crippen LogP contribution in [0.25, 0.3) is 0 Å². The van der Waals surface area contributed by atoms with Crippen molar-refractivity contribution in [3.63, 3.8) is 0 Å². The number of aliphatic hydroxyl groups is 1. The summed E-state index contributed by atoms with van der Waals surface area (Å²) in [7, 11) is 0. The van der Waals surface area contributed by atoms with E-state index in [1.165, 1.54) is 35.0 Å². The quantitative estimate of drug-likeness (QED) is 0.721. The fourth-order valence-electron chi connectivity index (χ4n) is 2.77. The van der Waals surface area contributed by atoms with Gasteiger partial charge in [-0.1, -0.05) is 6.07 Å². The highest BCUT2D eigenvalue weighted by atomic mass is 32.1. The molecule has 0 aliphatic carbocycles. The van der Waals surface area contributed by atoms with Gasteiger partial charge in [-0.05, 0) is 30.5 Å². The van der Waals surface area contributed by atoms with Gasteiger partial charge in [0.1, 0.15) is 23.5 Å². The largest absolute Gasteiger partial charge is 0.464 e. The molecule has 0 saturated carbocycles. The number of hydrogen-bond acceptors (Lipinski definition) is 5. The molecule has 0 radical (unpaired) electrons. The first-order chi connectivity index (χ1) is 11.6. The minimum absolute atomic E-state index is 0.0268. The van der Waals surface area contributed by atoms with Crippen molar-refractivity contribution in [3.8, 4) is 0 Å². The molecule has 1 fully saturated rings. The number of alkyl halides is 3. The zero-order chi connectivity index (χ0) is 18.4. The highest BCUT2D eigenvalue weighted by molar-refractivity contribution is 7.12. The first-order valence-electron chi connectivity index (χ1n) is 7.15. The lowest BCUT2D eigenvalue weighted by Crippen LogP contribution is -2.72. The second kappa shape index (κ2) is 5.88. The molecule has 1 aliphatic rings. The van der Waals surface area contributed by atoms with Crippen LogP contribution in [0.2, 0.25) is 0 Å². The molecule has 3 atom stereocenters. The van der Waals surface area contributed by atoms with Crippen molar-refractivity contribution < 1.29 is 32.3 Å². The smallest absolute Gasteiger partial charge is 0.437 e. The zero-order valence-electron chi connectivity index (χ0n) is 12.8. The van der Waals surface area contributed by atoms with Gasteiger partial charge in [0.2, 0.25) is 5.72 Å². The summed E-state index contributed by atoms with van der Waals surface area (Å²) in [4.78, 5) is 24.5. The van der Waals surface area contributed by atoms with E-state index in [4.69, 9.17) is 4.42 Å². The van der Waals surface area contributed by atoms with Gasteiger partial charge in [-0.2, -0.15) is 13.2 Å². The van der Waals surface area contributed by atoms with Gasteiger partial charge in [-0.15, -0.1) is 11.3 Å². The molecule has 0 bridgehead atoms. The Morgan fingerprint density at radius 2 is 2.08 bits per heavy atom. The lowest BCUT2D eigenvalue weighted by Gasteiger charge is -2.44. The van der Waals surface area contributed by atoms with Crippen molar-refractivity contribution in [3.05, 3.63) is 46.0 Å². The molecule has 1 saturated heterocycles. The van der Waals surface area contributed by atoms with Crippen LogP contribution in [0.4, 0.5) is 18.0 Å². The summed E-state index contributed by atoms with van der Waals surface area (Å²) < 4.78 is 46.0. The van der Waals surface area contributed by atoms with E-state index in [9.17, 15) is 27.9 Å². The zero-order valence-corrected chi connectivity index (χ0v) is 13.6. The van der Waals surface area contributed by atoms with Crippen molar-refractivity contribution in [2.24, 2.45) is 5.92 Å². The predicted octanol–water partition coefficient (Wildman–Crippen LogP) is 2.75. The van der Waals surface area contributed by atoms with Crippen LogP contribution >= 0.6 is 11.3 Å². The molecule has 0 spiro atoms. The molecule has 2 aromatic heterocycles. The van der Waals surface area contributed by atoms with Crippen molar-refractivity contribution in [1.29, 1.82) is 0 Å². The van der Waals surface area contributed by atoms with Crippen molar-refractivity contribution in [2.45, 2.75) is 24.9 Å². The Morgan fingerprint density at radius 1 is 1.36 bits per heavy atom. The number of furan rings is 1. The second-order valence-corrected chi connectivity index (χ2v) is 6.56. The summed E-state index contributed by atoms with van der Waals surface area (Å²) in [6, 6.07) is 2.97. The summed E-state index contributed by atoms with van der Waals surface area (Å²) >= 11 is 0.940. The van der Waals surface area contributed by atoms with Gasteiger partial charge in [0.25, 0.3) is 0 Å². The number of rotatable bonds is 3. The highest BCUT2D eigenvalue weighted by Gasteiger charge is 2.67. The Balaban J connectivity index is 2.14. The van der Waals surface area contributed by atoms with Crippen molar-refractivity contribution >= 4 is 23.2 Å². The number of Topliss-reactive ketones (excluding diaryl/α,β-unsaturated/α-hetero) is 1. The molecule has 0 unspecified atom stereocenters. The SMILES string of the molecule is Cc1ccc([C@H]2NC(=O)N[C@@](O)(C(F)(F)F)[C@H]2C(=O)c2cccs2)o1. The average molecular weight is 374 g/mol. The van der Waals surface area contributed by atoms with E-state index in [1.807, 2.05) is 0 Å². The van der Waals surface area contributed by atoms with Gasteiger partial charge >= 0.3 is 12.2 Å². The van der Waals surface area contributed by atoms with Gasteiger partial charge in [0, 0.05) is 0 Å². The number of amides is 2. The molecule has 2 aromatic rings. The van der Waals surface area contributed by atoms with Gasteiger partial charge in [-0.25, -0.2) is 4.79 Å². The van der Waals surface area contributed by atoms with Crippen LogP contribution in [-0.4, -0.2) is 28.8 Å². The Labute approximate surface area is 143 Å². The number of nitrogens with one attached hydrogen (secondary N) is 2. The average Bonchev–Trinajstić information content (AvgIpc) is 3.16. The summed E-state index contributed by atoms with van der Waals surface area (Å²) in [5.74, 6) is -2.68. The van der Waals surface area contributed by atoms with Crippen molar-refractivity contribution in [1.82, 2.24) is 10.6 Å². The maximum atomic E-state index is 13.6. The third-order valence-corrected chi connectivity index (χ3v) is 4.80. The lowest BCUT2D eigenvalue weighted by atomic mass is 9.80. The van der Waals surface area contributed by atoms with Crippen molar-refractivity contribution in [2.75, 3.05) is 0 Å². The molecule has 3 rings (SSSR count). The van der Waals surface area contributed by atoms with Gasteiger partial charge in [0.15, 0.2) is 5.78 Å². The Morgan fingerprint density at radius 3 is 2.60 bits per heavy atom. The van der Waals surface area contributed by atoms with Crippen LogP contribution in [0.15, 0.2) is 34.1 Å². The van der Waals surface area contributed by atoms with E-state index < -0.39 is 35.7 Å². The maximum Gasteiger partial charge on any atom is 0.437 e. The van der Waals surface area contributed by atoms with E-state index in [-0.39, 0.29) is 10.6 Å². The molecule has 3 N–H and O–H groups in total. The molecule has 0 aromatic carbocycles. The molecular weight excluding hydrogens is 361 g/mol. The first kappa shape index (κ1) is 17.5. The topological polar surface area (TPSA) is 91.6 Å². The number of halogens is 3. The van der Waals surface area contributed by atoms with Gasteiger partial charge in [0.05, 0.1) is 4.88 Å². The number of hydrogen-bond donors (Lipinski definition) is 3. The standard InChI is InChI=1S/C15H13F3N2O4S/c1-7-4-5-8(24-7)11-10(12(21)9-3-2-6-25-9)14(23,15(16,17)18)20-13(22)19-11/h2-6,10-11,23H,1H3,(H2,19,20,22)/t10-,11-,14+/m1/s1. The van der Waals surface area contributed by atoms with Gasteiger partial charge in [-0.3, -0.25) is 4.79 Å². The molecule has 2 amide bonds. The monoisotopic (exact) mass is 374 g/mol. The molecule has 1 aliphatic heterocycles. The number of ketones is 1. The van der Waals surface area contributed by atoms with E-state index >= 15 is 0 Å². The van der Waals surface area contributed by atoms with E-state index in [0.717, 1.165) is 11.3 Å². The first-order valence-corrected chi connectivity index (χ1v) is 8.03. The van der Waals surface area contributed by atoms with Crippen LogP contribution in [0.3, 0.4) is 0 Å². The van der Waals surface area contributed by atoms with Crippen LogP contribution in [0.5, 0.6) is 0 Å². The number of aryl methyl sites for hydroxylation is 1. The molecule has 6 nitrogen and oxygen atoms in total. The Bertz CT molecular complexity index is 802. The summed E-state index contributed by atoms with van der Waals surface area (Å²) in [5.41, 5.74) is -3.73. The van der Waals surface area contributed by atoms with Gasteiger partial charge < -0.3 is 20.2 Å². The molecule has 134 valence electrons. The normalized spacial score (nSPS) is 26.8. The Hall–Kier alpha value is -2.33.